The second-order valence-corrected chi connectivity index (χ2v) is 8.84. The molecule has 7 nitrogen and oxygen atoms in total. The molecular weight excluding hydrogens is 434 g/mol. The van der Waals surface area contributed by atoms with Crippen LogP contribution in [0.1, 0.15) is 26.7 Å². The molecule has 3 aromatic rings. The Morgan fingerprint density at radius 1 is 1.16 bits per heavy atom. The van der Waals surface area contributed by atoms with E-state index in [2.05, 4.69) is 10.3 Å². The van der Waals surface area contributed by atoms with E-state index in [4.69, 9.17) is 4.42 Å². The van der Waals surface area contributed by atoms with Gasteiger partial charge in [-0.05, 0) is 49.4 Å². The molecular formula is C22H19N3O4S2. The van der Waals surface area contributed by atoms with Gasteiger partial charge in [0, 0.05) is 13.1 Å². The van der Waals surface area contributed by atoms with E-state index in [0.717, 1.165) is 28.0 Å². The molecule has 0 unspecified atom stereocenters. The van der Waals surface area contributed by atoms with Gasteiger partial charge in [0.05, 0.1) is 10.6 Å². The number of nitrogens with zero attached hydrogens (tertiary/aromatic N) is 2. The van der Waals surface area contributed by atoms with E-state index in [9.17, 15) is 14.4 Å². The largest absolute Gasteiger partial charge is 0.459 e. The number of aromatic nitrogens is 1. The van der Waals surface area contributed by atoms with Gasteiger partial charge < -0.3 is 9.73 Å². The summed E-state index contributed by atoms with van der Waals surface area (Å²) in [5, 5.41) is 3.06. The average molecular weight is 454 g/mol. The SMILES string of the molecule is Cc1ccc(-c2nc(C)c(C(=O)NCCN3C(=O)S/C(=C\c4ccccc4)C3=O)s2)o1. The number of imide groups is 1. The van der Waals surface area contributed by atoms with Crippen LogP contribution in [0.25, 0.3) is 16.8 Å². The van der Waals surface area contributed by atoms with Crippen molar-refractivity contribution in [2.75, 3.05) is 13.1 Å². The molecule has 3 heterocycles. The van der Waals surface area contributed by atoms with Crippen LogP contribution in [0.4, 0.5) is 4.79 Å². The van der Waals surface area contributed by atoms with Gasteiger partial charge in [0.1, 0.15) is 10.6 Å². The zero-order valence-electron chi connectivity index (χ0n) is 16.9. The highest BCUT2D eigenvalue weighted by Crippen LogP contribution is 2.32. The average Bonchev–Trinajstić information content (AvgIpc) is 3.42. The lowest BCUT2D eigenvalue weighted by atomic mass is 10.2. The molecule has 0 atom stereocenters. The van der Waals surface area contributed by atoms with E-state index < -0.39 is 0 Å². The van der Waals surface area contributed by atoms with Crippen LogP contribution >= 0.6 is 23.1 Å². The van der Waals surface area contributed by atoms with Crippen LogP contribution in [0.3, 0.4) is 0 Å². The van der Waals surface area contributed by atoms with Crippen molar-refractivity contribution < 1.29 is 18.8 Å². The summed E-state index contributed by atoms with van der Waals surface area (Å²) in [5.74, 6) is 0.744. The Labute approximate surface area is 187 Å². The fourth-order valence-corrected chi connectivity index (χ4v) is 4.83. The Morgan fingerprint density at radius 3 is 2.65 bits per heavy atom. The van der Waals surface area contributed by atoms with Gasteiger partial charge in [-0.15, -0.1) is 11.3 Å². The third-order valence-corrected chi connectivity index (χ3v) is 6.62. The highest BCUT2D eigenvalue weighted by molar-refractivity contribution is 8.18. The molecule has 1 fully saturated rings. The number of nitrogens with one attached hydrogen (secondary N) is 1. The molecule has 31 heavy (non-hydrogen) atoms. The van der Waals surface area contributed by atoms with E-state index in [1.807, 2.05) is 49.4 Å². The van der Waals surface area contributed by atoms with E-state index >= 15 is 0 Å². The Hall–Kier alpha value is -3.17. The molecule has 0 aliphatic carbocycles. The third kappa shape index (κ3) is 4.62. The Kier molecular flexibility index (Phi) is 6.06. The molecule has 158 valence electrons. The second kappa shape index (κ2) is 8.91. The highest BCUT2D eigenvalue weighted by Gasteiger charge is 2.34. The normalized spacial score (nSPS) is 15.2. The van der Waals surface area contributed by atoms with Crippen LogP contribution in [0.5, 0.6) is 0 Å². The monoisotopic (exact) mass is 453 g/mol. The zero-order valence-corrected chi connectivity index (χ0v) is 18.5. The lowest BCUT2D eigenvalue weighted by Crippen LogP contribution is -2.37. The molecule has 3 amide bonds. The molecule has 0 radical (unpaired) electrons. The van der Waals surface area contributed by atoms with E-state index in [1.165, 1.54) is 11.3 Å². The first-order valence-corrected chi connectivity index (χ1v) is 11.2. The minimum absolute atomic E-state index is 0.102. The number of amides is 3. The molecule has 1 N–H and O–H groups in total. The summed E-state index contributed by atoms with van der Waals surface area (Å²) in [4.78, 5) is 43.8. The predicted molar refractivity (Wildman–Crippen MR) is 121 cm³/mol. The number of thiazole rings is 1. The topological polar surface area (TPSA) is 92.5 Å². The van der Waals surface area contributed by atoms with Crippen molar-refractivity contribution in [2.45, 2.75) is 13.8 Å². The molecule has 1 saturated heterocycles. The first-order valence-electron chi connectivity index (χ1n) is 9.55. The number of hydrogen-bond donors (Lipinski definition) is 1. The van der Waals surface area contributed by atoms with Crippen molar-refractivity contribution in [3.05, 3.63) is 69.3 Å². The third-order valence-electron chi connectivity index (χ3n) is 4.55. The van der Waals surface area contributed by atoms with Gasteiger partial charge in [0.15, 0.2) is 10.8 Å². The second-order valence-electron chi connectivity index (χ2n) is 6.84. The number of aryl methyl sites for hydroxylation is 2. The van der Waals surface area contributed by atoms with E-state index in [1.54, 1.807) is 13.0 Å². The minimum Gasteiger partial charge on any atom is -0.459 e. The number of carbonyl (C=O) groups excluding carboxylic acids is 3. The maximum absolute atomic E-state index is 12.6. The van der Waals surface area contributed by atoms with E-state index in [-0.39, 0.29) is 30.1 Å². The molecule has 0 saturated carbocycles. The van der Waals surface area contributed by atoms with Crippen molar-refractivity contribution in [3.63, 3.8) is 0 Å². The summed E-state index contributed by atoms with van der Waals surface area (Å²) in [6, 6.07) is 13.0. The standard InChI is InChI=1S/C22H19N3O4S2/c1-13-8-9-16(29-13)20-24-14(2)18(31-20)19(26)23-10-11-25-21(27)17(30-22(25)28)12-15-6-4-3-5-7-15/h3-9,12H,10-11H2,1-2H3,(H,23,26)/b17-12-. The zero-order chi connectivity index (χ0) is 22.0. The van der Waals surface area contributed by atoms with Crippen LogP contribution in [-0.2, 0) is 4.79 Å². The minimum atomic E-state index is -0.349. The number of carbonyl (C=O) groups is 3. The molecule has 2 aromatic heterocycles. The van der Waals surface area contributed by atoms with Gasteiger partial charge in [0.2, 0.25) is 0 Å². The quantitative estimate of drug-likeness (QED) is 0.553. The molecule has 0 spiro atoms. The Bertz CT molecular complexity index is 1180. The van der Waals surface area contributed by atoms with Gasteiger partial charge in [-0.3, -0.25) is 19.3 Å². The Balaban J connectivity index is 1.36. The Morgan fingerprint density at radius 2 is 1.94 bits per heavy atom. The van der Waals surface area contributed by atoms with Crippen LogP contribution in [-0.4, -0.2) is 40.0 Å². The predicted octanol–water partition coefficient (Wildman–Crippen LogP) is 4.49. The molecule has 1 aliphatic heterocycles. The fraction of sp³-hybridized carbons (Fsp3) is 0.182. The van der Waals surface area contributed by atoms with Gasteiger partial charge in [-0.25, -0.2) is 4.98 Å². The van der Waals surface area contributed by atoms with Gasteiger partial charge in [-0.2, -0.15) is 0 Å². The smallest absolute Gasteiger partial charge is 0.293 e. The summed E-state index contributed by atoms with van der Waals surface area (Å²) in [6.45, 7) is 3.86. The molecule has 1 aromatic carbocycles. The van der Waals surface area contributed by atoms with Gasteiger partial charge >= 0.3 is 0 Å². The van der Waals surface area contributed by atoms with Crippen molar-refractivity contribution in [3.8, 4) is 10.8 Å². The van der Waals surface area contributed by atoms with Crippen LogP contribution in [0, 0.1) is 13.8 Å². The van der Waals surface area contributed by atoms with Crippen molar-refractivity contribution in [2.24, 2.45) is 0 Å². The number of rotatable bonds is 6. The first-order chi connectivity index (χ1) is 14.9. The fourth-order valence-electron chi connectivity index (χ4n) is 3.02. The van der Waals surface area contributed by atoms with Crippen LogP contribution in [0.2, 0.25) is 0 Å². The van der Waals surface area contributed by atoms with Crippen molar-refractivity contribution >= 4 is 46.2 Å². The lowest BCUT2D eigenvalue weighted by Gasteiger charge is -2.12. The van der Waals surface area contributed by atoms with Gasteiger partial charge in [0.25, 0.3) is 17.1 Å². The summed E-state index contributed by atoms with van der Waals surface area (Å²) in [6.07, 6.45) is 1.70. The highest BCUT2D eigenvalue weighted by atomic mass is 32.2. The summed E-state index contributed by atoms with van der Waals surface area (Å²) >= 11 is 2.15. The van der Waals surface area contributed by atoms with E-state index in [0.29, 0.717) is 26.2 Å². The molecule has 9 heteroatoms. The van der Waals surface area contributed by atoms with Crippen molar-refractivity contribution in [1.82, 2.24) is 15.2 Å². The first kappa shape index (κ1) is 21.1. The number of furan rings is 1. The number of benzene rings is 1. The summed E-state index contributed by atoms with van der Waals surface area (Å²) in [5.41, 5.74) is 1.45. The van der Waals surface area contributed by atoms with Crippen LogP contribution in [0.15, 0.2) is 51.8 Å². The molecule has 1 aliphatic rings. The molecule has 0 bridgehead atoms. The summed E-state index contributed by atoms with van der Waals surface area (Å²) in [7, 11) is 0. The van der Waals surface area contributed by atoms with Crippen molar-refractivity contribution in [1.29, 1.82) is 0 Å². The lowest BCUT2D eigenvalue weighted by molar-refractivity contribution is -0.122. The molecule has 4 rings (SSSR count). The maximum atomic E-state index is 12.6. The number of thioether (sulfide) groups is 1. The summed E-state index contributed by atoms with van der Waals surface area (Å²) < 4.78 is 5.57. The van der Waals surface area contributed by atoms with Crippen LogP contribution < -0.4 is 5.32 Å². The number of hydrogen-bond acceptors (Lipinski definition) is 7. The van der Waals surface area contributed by atoms with Gasteiger partial charge in [-0.1, -0.05) is 30.3 Å². The maximum Gasteiger partial charge on any atom is 0.293 e.